The molecule has 2 rings (SSSR count). The van der Waals surface area contributed by atoms with Crippen molar-refractivity contribution in [2.75, 3.05) is 6.54 Å². The highest BCUT2D eigenvalue weighted by Gasteiger charge is 2.33. The van der Waals surface area contributed by atoms with Gasteiger partial charge in [-0.3, -0.25) is 4.79 Å². The topological polar surface area (TPSA) is 80.5 Å². The van der Waals surface area contributed by atoms with Gasteiger partial charge in [0.25, 0.3) is 5.91 Å². The zero-order valence-electron chi connectivity index (χ0n) is 11.4. The van der Waals surface area contributed by atoms with E-state index in [0.29, 0.717) is 6.54 Å². The van der Waals surface area contributed by atoms with Gasteiger partial charge in [0.1, 0.15) is 5.82 Å². The van der Waals surface area contributed by atoms with Gasteiger partial charge in [0.2, 0.25) is 10.0 Å². The van der Waals surface area contributed by atoms with Gasteiger partial charge in [0, 0.05) is 12.6 Å². The van der Waals surface area contributed by atoms with Crippen LogP contribution < -0.4 is 5.14 Å². The molecule has 0 radical (unpaired) electrons. The minimum atomic E-state index is -3.98. The summed E-state index contributed by atoms with van der Waals surface area (Å²) < 4.78 is 36.9. The van der Waals surface area contributed by atoms with Crippen LogP contribution in [0.3, 0.4) is 0 Å². The van der Waals surface area contributed by atoms with E-state index in [4.69, 9.17) is 5.14 Å². The summed E-state index contributed by atoms with van der Waals surface area (Å²) in [5, 5.41) is 5.08. The molecule has 1 saturated carbocycles. The maximum absolute atomic E-state index is 14.0. The number of nitrogens with two attached hydrogens (primary N) is 1. The monoisotopic (exact) mass is 300 g/mol. The number of rotatable bonds is 4. The molecule has 1 aliphatic rings. The first kappa shape index (κ1) is 14.9. The lowest BCUT2D eigenvalue weighted by Gasteiger charge is -2.21. The fourth-order valence-electron chi connectivity index (χ4n) is 2.23. The number of hydrogen-bond donors (Lipinski definition) is 1. The molecule has 7 heteroatoms. The number of nitrogens with zero attached hydrogens (tertiary/aromatic N) is 1. The standard InChI is InChI=1S/C13H17FN2O3S/c1-3-16(9-4-5-9)13(17)10-7-12(20(15,18)19)8(2)6-11(10)14/h6-7,9H,3-5H2,1-2H3,(H2,15,18,19). The van der Waals surface area contributed by atoms with Gasteiger partial charge in [0.05, 0.1) is 10.5 Å². The van der Waals surface area contributed by atoms with Gasteiger partial charge in [-0.15, -0.1) is 0 Å². The molecular formula is C13H17FN2O3S. The molecule has 0 aromatic heterocycles. The normalized spacial score (nSPS) is 15.2. The van der Waals surface area contributed by atoms with Gasteiger partial charge in [-0.25, -0.2) is 17.9 Å². The van der Waals surface area contributed by atoms with Crippen LogP contribution in [0.15, 0.2) is 17.0 Å². The molecule has 110 valence electrons. The number of halogens is 1. The lowest BCUT2D eigenvalue weighted by molar-refractivity contribution is 0.0747. The molecule has 0 saturated heterocycles. The second-order valence-electron chi connectivity index (χ2n) is 4.96. The summed E-state index contributed by atoms with van der Waals surface area (Å²) in [6.07, 6.45) is 1.80. The van der Waals surface area contributed by atoms with E-state index in [1.165, 1.54) is 6.92 Å². The number of aryl methyl sites for hydroxylation is 1. The number of carbonyl (C=O) groups is 1. The molecule has 0 heterocycles. The van der Waals surface area contributed by atoms with E-state index in [0.717, 1.165) is 25.0 Å². The third-order valence-electron chi connectivity index (χ3n) is 3.39. The van der Waals surface area contributed by atoms with Crippen molar-refractivity contribution in [3.63, 3.8) is 0 Å². The zero-order chi connectivity index (χ0) is 15.1. The average Bonchev–Trinajstić information content (AvgIpc) is 3.12. The number of primary sulfonamides is 1. The molecule has 0 atom stereocenters. The highest BCUT2D eigenvalue weighted by Crippen LogP contribution is 2.29. The smallest absolute Gasteiger partial charge is 0.257 e. The van der Waals surface area contributed by atoms with Crippen LogP contribution in [0.5, 0.6) is 0 Å². The Hall–Kier alpha value is -1.47. The molecular weight excluding hydrogens is 283 g/mol. The molecule has 0 aliphatic heterocycles. The molecule has 0 spiro atoms. The Balaban J connectivity index is 2.48. The molecule has 1 aliphatic carbocycles. The van der Waals surface area contributed by atoms with Crippen LogP contribution in [0.2, 0.25) is 0 Å². The molecule has 1 aromatic rings. The number of carbonyl (C=O) groups excluding carboxylic acids is 1. The Bertz CT molecular complexity index is 654. The molecule has 1 fully saturated rings. The van der Waals surface area contributed by atoms with Gasteiger partial charge >= 0.3 is 0 Å². The van der Waals surface area contributed by atoms with Crippen LogP contribution in [0.4, 0.5) is 4.39 Å². The largest absolute Gasteiger partial charge is 0.336 e. The SMILES string of the molecule is CCN(C(=O)c1cc(S(N)(=O)=O)c(C)cc1F)C1CC1. The second-order valence-corrected chi connectivity index (χ2v) is 6.49. The zero-order valence-corrected chi connectivity index (χ0v) is 12.2. The molecule has 5 nitrogen and oxygen atoms in total. The first-order chi connectivity index (χ1) is 9.25. The maximum atomic E-state index is 14.0. The molecule has 1 amide bonds. The van der Waals surface area contributed by atoms with Gasteiger partial charge in [-0.05, 0) is 44.4 Å². The molecule has 0 unspecified atom stereocenters. The number of sulfonamides is 1. The lowest BCUT2D eigenvalue weighted by atomic mass is 10.1. The Morgan fingerprint density at radius 3 is 2.50 bits per heavy atom. The van der Waals surface area contributed by atoms with E-state index in [2.05, 4.69) is 0 Å². The van der Waals surface area contributed by atoms with Crippen LogP contribution in [-0.2, 0) is 10.0 Å². The first-order valence-corrected chi connectivity index (χ1v) is 7.94. The molecule has 2 N–H and O–H groups in total. The van der Waals surface area contributed by atoms with Crippen LogP contribution in [0.25, 0.3) is 0 Å². The van der Waals surface area contributed by atoms with Crippen LogP contribution in [-0.4, -0.2) is 31.8 Å². The Kier molecular flexibility index (Phi) is 3.84. The van der Waals surface area contributed by atoms with Crippen molar-refractivity contribution in [3.05, 3.63) is 29.1 Å². The van der Waals surface area contributed by atoms with Crippen molar-refractivity contribution in [1.29, 1.82) is 0 Å². The quantitative estimate of drug-likeness (QED) is 0.912. The summed E-state index contributed by atoms with van der Waals surface area (Å²) in [4.78, 5) is 13.7. The van der Waals surface area contributed by atoms with Crippen LogP contribution in [0.1, 0.15) is 35.7 Å². The van der Waals surface area contributed by atoms with Crippen molar-refractivity contribution < 1.29 is 17.6 Å². The fourth-order valence-corrected chi connectivity index (χ4v) is 3.02. The average molecular weight is 300 g/mol. The lowest BCUT2D eigenvalue weighted by Crippen LogP contribution is -2.33. The summed E-state index contributed by atoms with van der Waals surface area (Å²) in [7, 11) is -3.98. The highest BCUT2D eigenvalue weighted by molar-refractivity contribution is 7.89. The minimum Gasteiger partial charge on any atom is -0.336 e. The van der Waals surface area contributed by atoms with Gasteiger partial charge in [-0.2, -0.15) is 0 Å². The minimum absolute atomic E-state index is 0.131. The van der Waals surface area contributed by atoms with E-state index >= 15 is 0 Å². The molecule has 20 heavy (non-hydrogen) atoms. The summed E-state index contributed by atoms with van der Waals surface area (Å²) >= 11 is 0. The predicted molar refractivity (Wildman–Crippen MR) is 72.2 cm³/mol. The van der Waals surface area contributed by atoms with Crippen molar-refractivity contribution >= 4 is 15.9 Å². The van der Waals surface area contributed by atoms with E-state index in [-0.39, 0.29) is 22.1 Å². The van der Waals surface area contributed by atoms with E-state index < -0.39 is 21.7 Å². The van der Waals surface area contributed by atoms with Gasteiger partial charge < -0.3 is 4.90 Å². The summed E-state index contributed by atoms with van der Waals surface area (Å²) in [6.45, 7) is 3.71. The van der Waals surface area contributed by atoms with Gasteiger partial charge in [0.15, 0.2) is 0 Å². The van der Waals surface area contributed by atoms with E-state index in [1.807, 2.05) is 6.92 Å². The van der Waals surface area contributed by atoms with Gasteiger partial charge in [-0.1, -0.05) is 0 Å². The summed E-state index contributed by atoms with van der Waals surface area (Å²) in [5.41, 5.74) is -0.0515. The Morgan fingerprint density at radius 1 is 1.45 bits per heavy atom. The fraction of sp³-hybridized carbons (Fsp3) is 0.462. The third kappa shape index (κ3) is 2.83. The van der Waals surface area contributed by atoms with Crippen molar-refractivity contribution in [3.8, 4) is 0 Å². The number of hydrogen-bond acceptors (Lipinski definition) is 3. The van der Waals surface area contributed by atoms with Crippen molar-refractivity contribution in [1.82, 2.24) is 4.90 Å². The molecule has 1 aromatic carbocycles. The maximum Gasteiger partial charge on any atom is 0.257 e. The van der Waals surface area contributed by atoms with Crippen molar-refractivity contribution in [2.45, 2.75) is 37.6 Å². The second kappa shape index (κ2) is 5.14. The van der Waals surface area contributed by atoms with E-state index in [9.17, 15) is 17.6 Å². The van der Waals surface area contributed by atoms with Crippen LogP contribution in [0, 0.1) is 12.7 Å². The third-order valence-corrected chi connectivity index (χ3v) is 4.44. The van der Waals surface area contributed by atoms with Crippen molar-refractivity contribution in [2.24, 2.45) is 5.14 Å². The Labute approximate surface area is 117 Å². The first-order valence-electron chi connectivity index (χ1n) is 6.39. The van der Waals surface area contributed by atoms with E-state index in [1.54, 1.807) is 4.90 Å². The number of amides is 1. The molecule has 0 bridgehead atoms. The van der Waals surface area contributed by atoms with Crippen LogP contribution >= 0.6 is 0 Å². The highest BCUT2D eigenvalue weighted by atomic mass is 32.2. The summed E-state index contributed by atoms with van der Waals surface area (Å²) in [6, 6.07) is 2.20. The number of benzene rings is 1. The Morgan fingerprint density at radius 2 is 2.05 bits per heavy atom. The summed E-state index contributed by atoms with van der Waals surface area (Å²) in [5.74, 6) is -1.21. The predicted octanol–water partition coefficient (Wildman–Crippen LogP) is 1.41.